The molecule has 0 saturated heterocycles. The minimum Gasteiger partial charge on any atom is -0.354 e. The molecule has 0 aliphatic heterocycles. The van der Waals surface area contributed by atoms with Crippen LogP contribution in [-0.4, -0.2) is 23.3 Å². The average molecular weight is 435 g/mol. The molecule has 0 aliphatic rings. The molecule has 1 N–H and O–H groups in total. The van der Waals surface area contributed by atoms with Gasteiger partial charge in [0.05, 0.1) is 0 Å². The van der Waals surface area contributed by atoms with Crippen molar-refractivity contribution >= 4 is 23.4 Å². The summed E-state index contributed by atoms with van der Waals surface area (Å²) in [6.45, 7) is 2.69. The topological polar surface area (TPSA) is 49.4 Å². The summed E-state index contributed by atoms with van der Waals surface area (Å²) in [5, 5.41) is 3.53. The third-order valence-electron chi connectivity index (χ3n) is 5.08. The predicted octanol–water partition coefficient (Wildman–Crippen LogP) is 5.18. The molecule has 160 valence electrons. The number of hydrogen-bond donors (Lipinski definition) is 1. The van der Waals surface area contributed by atoms with Gasteiger partial charge >= 0.3 is 0 Å². The fraction of sp³-hybridized carbons (Fsp3) is 0.231. The van der Waals surface area contributed by atoms with E-state index >= 15 is 0 Å². The number of carbonyl (C=O) groups is 2. The summed E-state index contributed by atoms with van der Waals surface area (Å²) >= 11 is 6.03. The Morgan fingerprint density at radius 3 is 2.10 bits per heavy atom. The molecule has 31 heavy (non-hydrogen) atoms. The number of amides is 2. The lowest BCUT2D eigenvalue weighted by molar-refractivity contribution is -0.141. The average Bonchev–Trinajstić information content (AvgIpc) is 2.80. The minimum absolute atomic E-state index is 0.0705. The Hall–Kier alpha value is -3.11. The molecule has 3 rings (SSSR count). The van der Waals surface area contributed by atoms with Gasteiger partial charge in [0, 0.05) is 24.5 Å². The van der Waals surface area contributed by atoms with Gasteiger partial charge in [0.15, 0.2) is 0 Å². The molecular formula is C26H27ClN2O2. The van der Waals surface area contributed by atoms with Crippen LogP contribution in [0.15, 0.2) is 84.9 Å². The first-order valence-corrected chi connectivity index (χ1v) is 10.9. The number of hydrogen-bond acceptors (Lipinski definition) is 2. The molecular weight excluding hydrogens is 408 g/mol. The zero-order chi connectivity index (χ0) is 22.1. The van der Waals surface area contributed by atoms with Crippen LogP contribution in [0.5, 0.6) is 0 Å². The van der Waals surface area contributed by atoms with E-state index in [1.807, 2.05) is 79.7 Å². The molecule has 0 radical (unpaired) electrons. The van der Waals surface area contributed by atoms with Gasteiger partial charge in [-0.25, -0.2) is 0 Å². The van der Waals surface area contributed by atoms with Crippen LogP contribution in [0, 0.1) is 0 Å². The van der Waals surface area contributed by atoms with Crippen LogP contribution >= 0.6 is 11.6 Å². The van der Waals surface area contributed by atoms with Crippen molar-refractivity contribution in [2.24, 2.45) is 0 Å². The minimum atomic E-state index is -0.708. The van der Waals surface area contributed by atoms with Crippen LogP contribution in [0.4, 0.5) is 0 Å². The third kappa shape index (κ3) is 6.43. The van der Waals surface area contributed by atoms with Crippen molar-refractivity contribution in [1.29, 1.82) is 0 Å². The summed E-state index contributed by atoms with van der Waals surface area (Å²) in [6, 6.07) is 26.0. The van der Waals surface area contributed by atoms with Gasteiger partial charge in [0.1, 0.15) is 6.04 Å². The quantitative estimate of drug-likeness (QED) is 0.504. The summed E-state index contributed by atoms with van der Waals surface area (Å²) in [5.41, 5.74) is 2.80. The van der Waals surface area contributed by atoms with E-state index in [0.717, 1.165) is 16.7 Å². The van der Waals surface area contributed by atoms with E-state index in [9.17, 15) is 9.59 Å². The Bertz CT molecular complexity index is 975. The molecule has 0 aliphatic carbocycles. The lowest BCUT2D eigenvalue weighted by atomic mass is 10.0. The largest absolute Gasteiger partial charge is 0.354 e. The van der Waals surface area contributed by atoms with Crippen LogP contribution in [0.2, 0.25) is 5.02 Å². The van der Waals surface area contributed by atoms with E-state index in [2.05, 4.69) is 5.32 Å². The zero-order valence-electron chi connectivity index (χ0n) is 17.6. The van der Waals surface area contributed by atoms with Crippen molar-refractivity contribution < 1.29 is 9.59 Å². The Kier molecular flexibility index (Phi) is 8.25. The van der Waals surface area contributed by atoms with E-state index < -0.39 is 6.04 Å². The molecule has 0 unspecified atom stereocenters. The number of carbonyl (C=O) groups excluding carboxylic acids is 2. The Labute approximate surface area is 188 Å². The van der Waals surface area contributed by atoms with Crippen molar-refractivity contribution in [3.63, 3.8) is 0 Å². The van der Waals surface area contributed by atoms with E-state index in [1.54, 1.807) is 17.0 Å². The van der Waals surface area contributed by atoms with Crippen molar-refractivity contribution in [3.8, 4) is 0 Å². The number of nitrogens with one attached hydrogen (secondary N) is 1. The standard InChI is InChI=1S/C26H27ClN2O2/c1-2-28-26(31)25(22-11-7-4-8-12-22)29(19-21-13-16-23(27)17-14-21)24(30)18-15-20-9-5-3-6-10-20/h3-14,16-17,25H,2,15,18-19H2,1H3,(H,28,31)/t25-/m1/s1. The first kappa shape index (κ1) is 22.6. The fourth-order valence-corrected chi connectivity index (χ4v) is 3.65. The normalized spacial score (nSPS) is 11.5. The van der Waals surface area contributed by atoms with Crippen LogP contribution in [0.25, 0.3) is 0 Å². The van der Waals surface area contributed by atoms with Crippen LogP contribution in [0.3, 0.4) is 0 Å². The van der Waals surface area contributed by atoms with E-state index in [4.69, 9.17) is 11.6 Å². The number of halogens is 1. The van der Waals surface area contributed by atoms with Gasteiger partial charge in [0.2, 0.25) is 11.8 Å². The second-order valence-electron chi connectivity index (χ2n) is 7.34. The van der Waals surface area contributed by atoms with E-state index in [-0.39, 0.29) is 11.8 Å². The van der Waals surface area contributed by atoms with Crippen molar-refractivity contribution in [3.05, 3.63) is 107 Å². The maximum Gasteiger partial charge on any atom is 0.247 e. The number of aryl methyl sites for hydroxylation is 1. The lowest BCUT2D eigenvalue weighted by Gasteiger charge is -2.31. The molecule has 0 saturated carbocycles. The van der Waals surface area contributed by atoms with Crippen molar-refractivity contribution in [2.75, 3.05) is 6.54 Å². The smallest absolute Gasteiger partial charge is 0.247 e. The summed E-state index contributed by atoms with van der Waals surface area (Å²) in [6.07, 6.45) is 0.939. The second-order valence-corrected chi connectivity index (χ2v) is 7.78. The van der Waals surface area contributed by atoms with E-state index in [0.29, 0.717) is 31.0 Å². The first-order chi connectivity index (χ1) is 15.1. The lowest BCUT2D eigenvalue weighted by Crippen LogP contribution is -2.43. The summed E-state index contributed by atoms with van der Waals surface area (Å²) < 4.78 is 0. The molecule has 3 aromatic rings. The predicted molar refractivity (Wildman–Crippen MR) is 125 cm³/mol. The second kappa shape index (κ2) is 11.3. The highest BCUT2D eigenvalue weighted by Crippen LogP contribution is 2.25. The van der Waals surface area contributed by atoms with Crippen molar-refractivity contribution in [2.45, 2.75) is 32.4 Å². The molecule has 3 aromatic carbocycles. The fourth-order valence-electron chi connectivity index (χ4n) is 3.53. The zero-order valence-corrected chi connectivity index (χ0v) is 18.4. The van der Waals surface area contributed by atoms with Crippen molar-refractivity contribution in [1.82, 2.24) is 10.2 Å². The summed E-state index contributed by atoms with van der Waals surface area (Å²) in [7, 11) is 0. The molecule has 0 spiro atoms. The maximum absolute atomic E-state index is 13.4. The van der Waals surface area contributed by atoms with Gasteiger partial charge in [-0.3, -0.25) is 9.59 Å². The molecule has 5 heteroatoms. The SMILES string of the molecule is CCNC(=O)[C@@H](c1ccccc1)N(Cc1ccc(Cl)cc1)C(=O)CCc1ccccc1. The van der Waals surface area contributed by atoms with Crippen LogP contribution in [0.1, 0.15) is 36.1 Å². The Balaban J connectivity index is 1.91. The third-order valence-corrected chi connectivity index (χ3v) is 5.34. The maximum atomic E-state index is 13.4. The molecule has 2 amide bonds. The summed E-state index contributed by atoms with van der Waals surface area (Å²) in [4.78, 5) is 28.2. The molecule has 0 aromatic heterocycles. The molecule has 1 atom stereocenters. The van der Waals surface area contributed by atoms with Crippen LogP contribution < -0.4 is 5.32 Å². The molecule has 0 fully saturated rings. The number of rotatable bonds is 9. The molecule has 0 heterocycles. The van der Waals surface area contributed by atoms with Gasteiger partial charge in [-0.1, -0.05) is 84.4 Å². The highest BCUT2D eigenvalue weighted by atomic mass is 35.5. The van der Waals surface area contributed by atoms with E-state index in [1.165, 1.54) is 0 Å². The highest BCUT2D eigenvalue weighted by molar-refractivity contribution is 6.30. The number of likely N-dealkylation sites (N-methyl/N-ethyl adjacent to an activating group) is 1. The van der Waals surface area contributed by atoms with Gasteiger partial charge in [0.25, 0.3) is 0 Å². The Morgan fingerprint density at radius 2 is 1.48 bits per heavy atom. The summed E-state index contributed by atoms with van der Waals surface area (Å²) in [5.74, 6) is -0.255. The van der Waals surface area contributed by atoms with Gasteiger partial charge < -0.3 is 10.2 Å². The van der Waals surface area contributed by atoms with Gasteiger partial charge in [-0.15, -0.1) is 0 Å². The molecule has 0 bridgehead atoms. The number of benzene rings is 3. The number of nitrogens with zero attached hydrogens (tertiary/aromatic N) is 1. The Morgan fingerprint density at radius 1 is 0.871 bits per heavy atom. The van der Waals surface area contributed by atoms with Crippen LogP contribution in [-0.2, 0) is 22.6 Å². The monoisotopic (exact) mass is 434 g/mol. The highest BCUT2D eigenvalue weighted by Gasteiger charge is 2.31. The molecule has 4 nitrogen and oxygen atoms in total. The van der Waals surface area contributed by atoms with Gasteiger partial charge in [-0.2, -0.15) is 0 Å². The first-order valence-electron chi connectivity index (χ1n) is 10.5. The van der Waals surface area contributed by atoms with Gasteiger partial charge in [-0.05, 0) is 42.2 Å².